The molecule has 7 heteroatoms. The van der Waals surface area contributed by atoms with Crippen LogP contribution in [0.25, 0.3) is 0 Å². The maximum Gasteiger partial charge on any atom is 0.315 e. The fraction of sp³-hybridized carbons (Fsp3) is 0.786. The Morgan fingerprint density at radius 1 is 1.24 bits per heavy atom. The molecule has 0 aromatic heterocycles. The molecule has 0 spiro atoms. The summed E-state index contributed by atoms with van der Waals surface area (Å²) in [4.78, 5) is 36.2. The number of amides is 3. The molecule has 120 valence electrons. The molecule has 7 nitrogen and oxygen atoms in total. The Morgan fingerprint density at radius 3 is 2.38 bits per heavy atom. The second-order valence-electron chi connectivity index (χ2n) is 5.48. The van der Waals surface area contributed by atoms with Crippen molar-refractivity contribution in [1.82, 2.24) is 15.5 Å². The van der Waals surface area contributed by atoms with Crippen LogP contribution >= 0.6 is 0 Å². The molecule has 1 heterocycles. The number of aliphatic carboxylic acids is 1. The highest BCUT2D eigenvalue weighted by atomic mass is 16.4. The summed E-state index contributed by atoms with van der Waals surface area (Å²) >= 11 is 0. The van der Waals surface area contributed by atoms with Crippen molar-refractivity contribution in [3.63, 3.8) is 0 Å². The predicted octanol–water partition coefficient (Wildman–Crippen LogP) is 0.797. The third-order valence-electron chi connectivity index (χ3n) is 3.73. The van der Waals surface area contributed by atoms with E-state index < -0.39 is 18.0 Å². The van der Waals surface area contributed by atoms with Crippen LogP contribution in [0.2, 0.25) is 0 Å². The van der Waals surface area contributed by atoms with Gasteiger partial charge in [0.1, 0.15) is 6.04 Å². The molecule has 2 atom stereocenters. The lowest BCUT2D eigenvalue weighted by molar-refractivity contribution is -0.138. The SMILES string of the molecule is CCC(CNC(=O)NC(C)C(=O)N1CCCC1)CC(=O)O. The van der Waals surface area contributed by atoms with Crippen LogP contribution in [0.15, 0.2) is 0 Å². The van der Waals surface area contributed by atoms with Gasteiger partial charge in [-0.05, 0) is 25.7 Å². The van der Waals surface area contributed by atoms with Crippen LogP contribution in [0, 0.1) is 5.92 Å². The number of likely N-dealkylation sites (tertiary alicyclic amines) is 1. The molecule has 3 N–H and O–H groups in total. The van der Waals surface area contributed by atoms with Crippen molar-refractivity contribution >= 4 is 17.9 Å². The fourth-order valence-corrected chi connectivity index (χ4v) is 2.37. The number of nitrogens with zero attached hydrogens (tertiary/aromatic N) is 1. The van der Waals surface area contributed by atoms with Gasteiger partial charge in [0.2, 0.25) is 5.91 Å². The molecule has 0 bridgehead atoms. The maximum atomic E-state index is 12.0. The van der Waals surface area contributed by atoms with Crippen LogP contribution in [0.3, 0.4) is 0 Å². The van der Waals surface area contributed by atoms with Gasteiger partial charge in [-0.1, -0.05) is 13.3 Å². The van der Waals surface area contributed by atoms with E-state index in [9.17, 15) is 14.4 Å². The van der Waals surface area contributed by atoms with Crippen LogP contribution in [-0.4, -0.2) is 53.6 Å². The molecule has 21 heavy (non-hydrogen) atoms. The average Bonchev–Trinajstić information content (AvgIpc) is 2.96. The molecule has 0 aromatic carbocycles. The molecule has 0 radical (unpaired) electrons. The average molecular weight is 299 g/mol. The lowest BCUT2D eigenvalue weighted by atomic mass is 10.0. The van der Waals surface area contributed by atoms with Gasteiger partial charge in [-0.2, -0.15) is 0 Å². The smallest absolute Gasteiger partial charge is 0.315 e. The summed E-state index contributed by atoms with van der Waals surface area (Å²) in [7, 11) is 0. The first-order valence-electron chi connectivity index (χ1n) is 7.49. The van der Waals surface area contributed by atoms with Crippen LogP contribution < -0.4 is 10.6 Å². The fourth-order valence-electron chi connectivity index (χ4n) is 2.37. The summed E-state index contributed by atoms with van der Waals surface area (Å²) in [5.74, 6) is -1.04. The van der Waals surface area contributed by atoms with Crippen LogP contribution in [0.5, 0.6) is 0 Å². The first-order chi connectivity index (χ1) is 9.93. The van der Waals surface area contributed by atoms with Crippen molar-refractivity contribution in [2.45, 2.75) is 45.6 Å². The highest BCUT2D eigenvalue weighted by Crippen LogP contribution is 2.09. The highest BCUT2D eigenvalue weighted by Gasteiger charge is 2.24. The summed E-state index contributed by atoms with van der Waals surface area (Å²) in [5.41, 5.74) is 0. The number of carbonyl (C=O) groups is 3. The second kappa shape index (κ2) is 8.49. The van der Waals surface area contributed by atoms with Gasteiger partial charge in [-0.3, -0.25) is 9.59 Å². The Morgan fingerprint density at radius 2 is 1.86 bits per heavy atom. The zero-order chi connectivity index (χ0) is 15.8. The van der Waals surface area contributed by atoms with E-state index in [1.54, 1.807) is 11.8 Å². The summed E-state index contributed by atoms with van der Waals surface area (Å²) in [6.45, 7) is 5.34. The molecular formula is C14H25N3O4. The molecule has 1 saturated heterocycles. The van der Waals surface area contributed by atoms with Gasteiger partial charge in [0.15, 0.2) is 0 Å². The normalized spacial score (nSPS) is 17.1. The molecule has 2 unspecified atom stereocenters. The molecule has 1 rings (SSSR count). The van der Waals surface area contributed by atoms with Gasteiger partial charge in [-0.15, -0.1) is 0 Å². The summed E-state index contributed by atoms with van der Waals surface area (Å²) in [5, 5.41) is 14.0. The third kappa shape index (κ3) is 6.01. The zero-order valence-electron chi connectivity index (χ0n) is 12.7. The van der Waals surface area contributed by atoms with E-state index in [1.807, 2.05) is 6.92 Å². The predicted molar refractivity (Wildman–Crippen MR) is 77.8 cm³/mol. The monoisotopic (exact) mass is 299 g/mol. The number of nitrogens with one attached hydrogen (secondary N) is 2. The van der Waals surface area contributed by atoms with Gasteiger partial charge in [0, 0.05) is 26.1 Å². The highest BCUT2D eigenvalue weighted by molar-refractivity contribution is 5.86. The van der Waals surface area contributed by atoms with Crippen molar-refractivity contribution in [1.29, 1.82) is 0 Å². The maximum absolute atomic E-state index is 12.0. The van der Waals surface area contributed by atoms with Crippen molar-refractivity contribution in [2.75, 3.05) is 19.6 Å². The Hall–Kier alpha value is -1.79. The van der Waals surface area contributed by atoms with Crippen LogP contribution in [-0.2, 0) is 9.59 Å². The van der Waals surface area contributed by atoms with Crippen LogP contribution in [0.1, 0.15) is 39.5 Å². The van der Waals surface area contributed by atoms with Crippen molar-refractivity contribution in [3.05, 3.63) is 0 Å². The number of rotatable bonds is 7. The largest absolute Gasteiger partial charge is 0.481 e. The number of carboxylic acid groups (broad SMARTS) is 1. The van der Waals surface area contributed by atoms with Crippen molar-refractivity contribution in [2.24, 2.45) is 5.92 Å². The Balaban J connectivity index is 2.31. The van der Waals surface area contributed by atoms with E-state index >= 15 is 0 Å². The molecule has 1 aliphatic heterocycles. The Kier molecular flexibility index (Phi) is 6.98. The standard InChI is InChI=1S/C14H25N3O4/c1-3-11(8-12(18)19)9-15-14(21)16-10(2)13(20)17-6-4-5-7-17/h10-11H,3-9H2,1-2H3,(H,18,19)(H2,15,16,21). The molecule has 3 amide bonds. The van der Waals surface area contributed by atoms with E-state index in [4.69, 9.17) is 5.11 Å². The second-order valence-corrected chi connectivity index (χ2v) is 5.48. The summed E-state index contributed by atoms with van der Waals surface area (Å²) < 4.78 is 0. The number of hydrogen-bond donors (Lipinski definition) is 3. The Labute approximate surface area is 125 Å². The van der Waals surface area contributed by atoms with Gasteiger partial charge in [0.05, 0.1) is 0 Å². The molecule has 0 saturated carbocycles. The van der Waals surface area contributed by atoms with E-state index in [1.165, 1.54) is 0 Å². The number of carboxylic acids is 1. The number of carbonyl (C=O) groups excluding carboxylic acids is 2. The molecule has 0 aliphatic carbocycles. The van der Waals surface area contributed by atoms with E-state index in [-0.39, 0.29) is 18.2 Å². The molecule has 0 aromatic rings. The van der Waals surface area contributed by atoms with Gasteiger partial charge < -0.3 is 20.6 Å². The third-order valence-corrected chi connectivity index (χ3v) is 3.73. The van der Waals surface area contributed by atoms with Gasteiger partial charge in [-0.25, -0.2) is 4.79 Å². The first kappa shape index (κ1) is 17.3. The number of urea groups is 1. The van der Waals surface area contributed by atoms with E-state index in [2.05, 4.69) is 10.6 Å². The molecule has 1 fully saturated rings. The van der Waals surface area contributed by atoms with E-state index in [0.717, 1.165) is 25.9 Å². The molecule has 1 aliphatic rings. The van der Waals surface area contributed by atoms with E-state index in [0.29, 0.717) is 13.0 Å². The minimum absolute atomic E-state index is 0.0268. The Bertz CT molecular complexity index is 380. The minimum Gasteiger partial charge on any atom is -0.481 e. The van der Waals surface area contributed by atoms with Crippen molar-refractivity contribution in [3.8, 4) is 0 Å². The zero-order valence-corrected chi connectivity index (χ0v) is 12.7. The quantitative estimate of drug-likeness (QED) is 0.647. The van der Waals surface area contributed by atoms with Crippen LogP contribution in [0.4, 0.5) is 4.79 Å². The lowest BCUT2D eigenvalue weighted by Crippen LogP contribution is -2.49. The van der Waals surface area contributed by atoms with Crippen molar-refractivity contribution < 1.29 is 19.5 Å². The minimum atomic E-state index is -0.873. The topological polar surface area (TPSA) is 98.7 Å². The summed E-state index contributed by atoms with van der Waals surface area (Å²) in [6.07, 6.45) is 2.73. The lowest BCUT2D eigenvalue weighted by Gasteiger charge is -2.21. The first-order valence-corrected chi connectivity index (χ1v) is 7.49. The molecular weight excluding hydrogens is 274 g/mol. The number of hydrogen-bond acceptors (Lipinski definition) is 3. The van der Waals surface area contributed by atoms with Gasteiger partial charge >= 0.3 is 12.0 Å². The van der Waals surface area contributed by atoms with Gasteiger partial charge in [0.25, 0.3) is 0 Å². The summed E-state index contributed by atoms with van der Waals surface area (Å²) in [6, 6.07) is -0.999.